The van der Waals surface area contributed by atoms with Crippen LogP contribution in [0.5, 0.6) is 6.01 Å². The molecular formula is C13H12ClN3O2. The van der Waals surface area contributed by atoms with E-state index in [1.165, 1.54) is 12.4 Å². The van der Waals surface area contributed by atoms with Crippen LogP contribution in [0.1, 0.15) is 17.3 Å². The van der Waals surface area contributed by atoms with Gasteiger partial charge in [-0.1, -0.05) is 17.7 Å². The Bertz CT molecular complexity index is 572. The van der Waals surface area contributed by atoms with E-state index in [0.29, 0.717) is 22.9 Å². The standard InChI is InChI=1S/C13H12ClN3O2/c1-2-19-13-15-7-11(8-16-13)17-12(18)9-4-3-5-10(14)6-9/h3-8H,2H2,1H3,(H,17,18). The number of carbonyl (C=O) groups is 1. The van der Waals surface area contributed by atoms with Gasteiger partial charge in [-0.3, -0.25) is 4.79 Å². The van der Waals surface area contributed by atoms with E-state index in [9.17, 15) is 4.79 Å². The Morgan fingerprint density at radius 1 is 1.37 bits per heavy atom. The van der Waals surface area contributed by atoms with Gasteiger partial charge in [0.25, 0.3) is 5.91 Å². The highest BCUT2D eigenvalue weighted by molar-refractivity contribution is 6.31. The van der Waals surface area contributed by atoms with Gasteiger partial charge in [0.2, 0.25) is 0 Å². The van der Waals surface area contributed by atoms with Crippen molar-refractivity contribution < 1.29 is 9.53 Å². The molecule has 98 valence electrons. The van der Waals surface area contributed by atoms with Gasteiger partial charge in [-0.25, -0.2) is 9.97 Å². The molecule has 2 rings (SSSR count). The average Bonchev–Trinajstić information content (AvgIpc) is 2.41. The molecule has 0 aliphatic carbocycles. The second kappa shape index (κ2) is 6.15. The third-order valence-electron chi connectivity index (χ3n) is 2.25. The normalized spacial score (nSPS) is 10.0. The number of aromatic nitrogens is 2. The number of anilines is 1. The van der Waals surface area contributed by atoms with Gasteiger partial charge in [0.15, 0.2) is 0 Å². The summed E-state index contributed by atoms with van der Waals surface area (Å²) in [5, 5.41) is 3.19. The smallest absolute Gasteiger partial charge is 0.316 e. The van der Waals surface area contributed by atoms with E-state index in [2.05, 4.69) is 15.3 Å². The van der Waals surface area contributed by atoms with Gasteiger partial charge in [-0.05, 0) is 25.1 Å². The van der Waals surface area contributed by atoms with Crippen LogP contribution < -0.4 is 10.1 Å². The number of halogens is 1. The van der Waals surface area contributed by atoms with Crippen molar-refractivity contribution in [1.29, 1.82) is 0 Å². The zero-order valence-corrected chi connectivity index (χ0v) is 11.0. The molecule has 0 saturated carbocycles. The summed E-state index contributed by atoms with van der Waals surface area (Å²) in [6.45, 7) is 2.34. The number of nitrogens with zero attached hydrogens (tertiary/aromatic N) is 2. The van der Waals surface area contributed by atoms with Gasteiger partial charge < -0.3 is 10.1 Å². The van der Waals surface area contributed by atoms with Crippen LogP contribution in [0.4, 0.5) is 5.69 Å². The van der Waals surface area contributed by atoms with Crippen molar-refractivity contribution in [3.8, 4) is 6.01 Å². The van der Waals surface area contributed by atoms with E-state index >= 15 is 0 Å². The first-order valence-corrected chi connectivity index (χ1v) is 6.08. The number of ether oxygens (including phenoxy) is 1. The SMILES string of the molecule is CCOc1ncc(NC(=O)c2cccc(Cl)c2)cn1. The van der Waals surface area contributed by atoms with Crippen LogP contribution in [0.2, 0.25) is 5.02 Å². The van der Waals surface area contributed by atoms with Gasteiger partial charge in [0, 0.05) is 10.6 Å². The molecule has 0 aliphatic rings. The van der Waals surface area contributed by atoms with Gasteiger partial charge in [-0.15, -0.1) is 0 Å². The van der Waals surface area contributed by atoms with Crippen molar-refractivity contribution in [3.63, 3.8) is 0 Å². The first-order valence-electron chi connectivity index (χ1n) is 5.71. The van der Waals surface area contributed by atoms with Crippen LogP contribution in [-0.2, 0) is 0 Å². The zero-order valence-electron chi connectivity index (χ0n) is 10.3. The minimum absolute atomic E-state index is 0.268. The number of carbonyl (C=O) groups excluding carboxylic acids is 1. The highest BCUT2D eigenvalue weighted by atomic mass is 35.5. The molecule has 0 radical (unpaired) electrons. The summed E-state index contributed by atoms with van der Waals surface area (Å²) < 4.78 is 5.11. The Balaban J connectivity index is 2.06. The van der Waals surface area contributed by atoms with E-state index < -0.39 is 0 Å². The molecule has 19 heavy (non-hydrogen) atoms. The maximum absolute atomic E-state index is 11.9. The fraction of sp³-hybridized carbons (Fsp3) is 0.154. The minimum atomic E-state index is -0.268. The maximum Gasteiger partial charge on any atom is 0.316 e. The number of nitrogens with one attached hydrogen (secondary N) is 1. The minimum Gasteiger partial charge on any atom is -0.464 e. The van der Waals surface area contributed by atoms with E-state index in [4.69, 9.17) is 16.3 Å². The van der Waals surface area contributed by atoms with Crippen molar-refractivity contribution in [3.05, 3.63) is 47.2 Å². The predicted molar refractivity (Wildman–Crippen MR) is 72.6 cm³/mol. The number of rotatable bonds is 4. The molecule has 6 heteroatoms. The summed E-state index contributed by atoms with van der Waals surface area (Å²) in [5.74, 6) is -0.268. The molecule has 1 N–H and O–H groups in total. The summed E-state index contributed by atoms with van der Waals surface area (Å²) in [7, 11) is 0. The van der Waals surface area contributed by atoms with Gasteiger partial charge in [-0.2, -0.15) is 0 Å². The van der Waals surface area contributed by atoms with Gasteiger partial charge in [0.1, 0.15) is 0 Å². The fourth-order valence-corrected chi connectivity index (χ4v) is 1.61. The molecule has 0 aliphatic heterocycles. The lowest BCUT2D eigenvalue weighted by molar-refractivity contribution is 0.102. The van der Waals surface area contributed by atoms with Crippen molar-refractivity contribution in [2.45, 2.75) is 6.92 Å². The summed E-state index contributed by atoms with van der Waals surface area (Å²) in [6, 6.07) is 6.97. The molecule has 2 aromatic rings. The molecule has 0 unspecified atom stereocenters. The highest BCUT2D eigenvalue weighted by Gasteiger charge is 2.07. The largest absolute Gasteiger partial charge is 0.464 e. The molecule has 0 atom stereocenters. The molecule has 1 amide bonds. The summed E-state index contributed by atoms with van der Waals surface area (Å²) in [6.07, 6.45) is 2.97. The number of amides is 1. The topological polar surface area (TPSA) is 64.1 Å². The van der Waals surface area contributed by atoms with Crippen molar-refractivity contribution in [2.24, 2.45) is 0 Å². The average molecular weight is 278 g/mol. The van der Waals surface area contributed by atoms with Crippen molar-refractivity contribution in [1.82, 2.24) is 9.97 Å². The molecule has 0 bridgehead atoms. The highest BCUT2D eigenvalue weighted by Crippen LogP contribution is 2.13. The molecular weight excluding hydrogens is 266 g/mol. The van der Waals surface area contributed by atoms with E-state index in [1.54, 1.807) is 24.3 Å². The second-order valence-corrected chi connectivity index (χ2v) is 4.09. The molecule has 0 saturated heterocycles. The molecule has 1 aromatic carbocycles. The van der Waals surface area contributed by atoms with Crippen molar-refractivity contribution >= 4 is 23.2 Å². The zero-order chi connectivity index (χ0) is 13.7. The molecule has 0 fully saturated rings. The number of benzene rings is 1. The Hall–Kier alpha value is -2.14. The van der Waals surface area contributed by atoms with E-state index in [-0.39, 0.29) is 11.9 Å². The Labute approximate surface area is 115 Å². The molecule has 0 spiro atoms. The number of hydrogen-bond acceptors (Lipinski definition) is 4. The van der Waals surface area contributed by atoms with E-state index in [1.807, 2.05) is 6.92 Å². The van der Waals surface area contributed by atoms with Gasteiger partial charge >= 0.3 is 6.01 Å². The predicted octanol–water partition coefficient (Wildman–Crippen LogP) is 2.78. The fourth-order valence-electron chi connectivity index (χ4n) is 1.42. The van der Waals surface area contributed by atoms with Crippen molar-refractivity contribution in [2.75, 3.05) is 11.9 Å². The van der Waals surface area contributed by atoms with Crippen LogP contribution in [-0.4, -0.2) is 22.5 Å². The molecule has 5 nitrogen and oxygen atoms in total. The summed E-state index contributed by atoms with van der Waals surface area (Å²) >= 11 is 5.83. The van der Waals surface area contributed by atoms with Crippen LogP contribution >= 0.6 is 11.6 Å². The van der Waals surface area contributed by atoms with Crippen LogP contribution in [0, 0.1) is 0 Å². The third kappa shape index (κ3) is 3.66. The lowest BCUT2D eigenvalue weighted by Gasteiger charge is -2.05. The first-order chi connectivity index (χ1) is 9.19. The quantitative estimate of drug-likeness (QED) is 0.933. The lowest BCUT2D eigenvalue weighted by Crippen LogP contribution is -2.12. The maximum atomic E-state index is 11.9. The number of hydrogen-bond donors (Lipinski definition) is 1. The Morgan fingerprint density at radius 2 is 2.11 bits per heavy atom. The molecule has 1 heterocycles. The van der Waals surface area contributed by atoms with Crippen LogP contribution in [0.15, 0.2) is 36.7 Å². The molecule has 1 aromatic heterocycles. The lowest BCUT2D eigenvalue weighted by atomic mass is 10.2. The summed E-state index contributed by atoms with van der Waals surface area (Å²) in [4.78, 5) is 19.8. The van der Waals surface area contributed by atoms with Crippen LogP contribution in [0.25, 0.3) is 0 Å². The van der Waals surface area contributed by atoms with Gasteiger partial charge in [0.05, 0.1) is 24.7 Å². The Kier molecular flexibility index (Phi) is 4.30. The van der Waals surface area contributed by atoms with E-state index in [0.717, 1.165) is 0 Å². The van der Waals surface area contributed by atoms with Crippen LogP contribution in [0.3, 0.4) is 0 Å². The Morgan fingerprint density at radius 3 is 2.74 bits per heavy atom. The first kappa shape index (κ1) is 13.3. The monoisotopic (exact) mass is 277 g/mol. The summed E-state index contributed by atoms with van der Waals surface area (Å²) in [5.41, 5.74) is 0.967. The second-order valence-electron chi connectivity index (χ2n) is 3.65. The third-order valence-corrected chi connectivity index (χ3v) is 2.48.